The molecule has 0 aliphatic heterocycles. The Bertz CT molecular complexity index is 587. The van der Waals surface area contributed by atoms with Crippen LogP contribution >= 0.6 is 0 Å². The van der Waals surface area contributed by atoms with Gasteiger partial charge in [0.1, 0.15) is 0 Å². The molecule has 2 rings (SSSR count). The largest absolute Gasteiger partial charge is 0.384 e. The van der Waals surface area contributed by atoms with Crippen molar-refractivity contribution in [2.24, 2.45) is 5.92 Å². The number of benzene rings is 1. The van der Waals surface area contributed by atoms with E-state index in [9.17, 15) is 4.79 Å². The number of nitrogens with one attached hydrogen (secondary N) is 1. The van der Waals surface area contributed by atoms with Crippen molar-refractivity contribution in [3.05, 3.63) is 53.1 Å². The van der Waals surface area contributed by atoms with E-state index in [2.05, 4.69) is 55.6 Å². The summed E-state index contributed by atoms with van der Waals surface area (Å²) in [7, 11) is 1.60. The quantitative estimate of drug-likeness (QED) is 0.869. The zero-order valence-corrected chi connectivity index (χ0v) is 13.7. The van der Waals surface area contributed by atoms with Gasteiger partial charge in [0.2, 0.25) is 5.91 Å². The first kappa shape index (κ1) is 16.5. The topological polar surface area (TPSA) is 38.3 Å². The Kier molecular flexibility index (Phi) is 5.96. The molecule has 22 heavy (non-hydrogen) atoms. The highest BCUT2D eigenvalue weighted by Gasteiger charge is 2.14. The maximum absolute atomic E-state index is 11.6. The van der Waals surface area contributed by atoms with E-state index in [1.165, 1.54) is 16.7 Å². The zero-order chi connectivity index (χ0) is 15.9. The summed E-state index contributed by atoms with van der Waals surface area (Å²) >= 11 is 0. The van der Waals surface area contributed by atoms with Crippen LogP contribution in [0.4, 0.5) is 0 Å². The lowest BCUT2D eigenvalue weighted by molar-refractivity contribution is -0.122. The molecular weight excluding hydrogens is 274 g/mol. The van der Waals surface area contributed by atoms with Crippen molar-refractivity contribution in [3.63, 3.8) is 0 Å². The van der Waals surface area contributed by atoms with Crippen molar-refractivity contribution in [2.75, 3.05) is 13.7 Å². The molecule has 0 saturated heterocycles. The van der Waals surface area contributed by atoms with Crippen LogP contribution in [0.2, 0.25) is 0 Å². The molecule has 1 N–H and O–H groups in total. The van der Waals surface area contributed by atoms with Crippen LogP contribution in [0, 0.1) is 5.92 Å². The van der Waals surface area contributed by atoms with Gasteiger partial charge in [-0.05, 0) is 42.0 Å². The van der Waals surface area contributed by atoms with Crippen molar-refractivity contribution in [1.29, 1.82) is 0 Å². The zero-order valence-electron chi connectivity index (χ0n) is 13.7. The molecule has 1 aromatic rings. The van der Waals surface area contributed by atoms with Crippen LogP contribution in [0.3, 0.4) is 0 Å². The van der Waals surface area contributed by atoms with Crippen molar-refractivity contribution < 1.29 is 9.53 Å². The molecule has 0 radical (unpaired) electrons. The van der Waals surface area contributed by atoms with Crippen LogP contribution in [-0.4, -0.2) is 19.6 Å². The summed E-state index contributed by atoms with van der Waals surface area (Å²) in [6.45, 7) is 5.46. The highest BCUT2D eigenvalue weighted by atomic mass is 16.5. The van der Waals surface area contributed by atoms with Crippen molar-refractivity contribution in [3.8, 4) is 0 Å². The van der Waals surface area contributed by atoms with Gasteiger partial charge in [0.15, 0.2) is 0 Å². The fourth-order valence-electron chi connectivity index (χ4n) is 2.78. The van der Waals surface area contributed by atoms with E-state index in [4.69, 9.17) is 4.74 Å². The van der Waals surface area contributed by atoms with Crippen LogP contribution in [0.25, 0.3) is 5.57 Å². The number of rotatable bonds is 6. The first-order valence-electron chi connectivity index (χ1n) is 7.82. The van der Waals surface area contributed by atoms with Gasteiger partial charge in [-0.15, -0.1) is 0 Å². The second-order valence-corrected chi connectivity index (χ2v) is 5.96. The van der Waals surface area contributed by atoms with Gasteiger partial charge in [-0.1, -0.05) is 42.8 Å². The summed E-state index contributed by atoms with van der Waals surface area (Å²) in [4.78, 5) is 11.6. The Balaban J connectivity index is 2.03. The molecule has 118 valence electrons. The summed E-state index contributed by atoms with van der Waals surface area (Å²) in [5, 5.41) is 2.93. The van der Waals surface area contributed by atoms with Gasteiger partial charge in [-0.3, -0.25) is 4.79 Å². The van der Waals surface area contributed by atoms with Gasteiger partial charge in [-0.25, -0.2) is 0 Å². The number of hydrogen-bond acceptors (Lipinski definition) is 2. The van der Waals surface area contributed by atoms with E-state index < -0.39 is 0 Å². The molecule has 0 saturated carbocycles. The molecule has 3 nitrogen and oxygen atoms in total. The van der Waals surface area contributed by atoms with Crippen LogP contribution in [0.5, 0.6) is 0 Å². The van der Waals surface area contributed by atoms with Crippen molar-refractivity contribution in [1.82, 2.24) is 5.32 Å². The average Bonchev–Trinajstić information content (AvgIpc) is 2.51. The summed E-state index contributed by atoms with van der Waals surface area (Å²) in [6.07, 6.45) is 5.95. The Morgan fingerprint density at radius 2 is 2.18 bits per heavy atom. The average molecular weight is 299 g/mol. The minimum absolute atomic E-state index is 0.0241. The van der Waals surface area contributed by atoms with Gasteiger partial charge in [0.05, 0.1) is 6.61 Å². The molecule has 1 atom stereocenters. The third-order valence-electron chi connectivity index (χ3n) is 3.99. The number of allylic oxidation sites excluding steroid dienone is 4. The molecule has 1 aromatic carbocycles. The maximum Gasteiger partial charge on any atom is 0.222 e. The number of methoxy groups -OCH3 is 1. The van der Waals surface area contributed by atoms with E-state index in [-0.39, 0.29) is 5.91 Å². The second-order valence-electron chi connectivity index (χ2n) is 5.96. The summed E-state index contributed by atoms with van der Waals surface area (Å²) < 4.78 is 4.91. The third kappa shape index (κ3) is 4.57. The molecule has 1 unspecified atom stereocenters. The Hall–Kier alpha value is -1.87. The van der Waals surface area contributed by atoms with E-state index in [1.807, 2.05) is 0 Å². The highest BCUT2D eigenvalue weighted by molar-refractivity contribution is 5.76. The van der Waals surface area contributed by atoms with Crippen molar-refractivity contribution >= 4 is 11.5 Å². The molecular formula is C19H25NO2. The Labute approximate surface area is 133 Å². The van der Waals surface area contributed by atoms with Crippen LogP contribution in [0.15, 0.2) is 42.0 Å². The van der Waals surface area contributed by atoms with E-state index in [0.717, 1.165) is 12.0 Å². The molecule has 1 aliphatic rings. The molecule has 0 bridgehead atoms. The Morgan fingerprint density at radius 1 is 1.36 bits per heavy atom. The lowest BCUT2D eigenvalue weighted by atomic mass is 9.85. The fourth-order valence-corrected chi connectivity index (χ4v) is 2.78. The van der Waals surface area contributed by atoms with E-state index >= 15 is 0 Å². The number of ether oxygens (including phenoxy) is 1. The first-order chi connectivity index (χ1) is 10.6. The van der Waals surface area contributed by atoms with Gasteiger partial charge < -0.3 is 10.1 Å². The van der Waals surface area contributed by atoms with Gasteiger partial charge in [0.25, 0.3) is 0 Å². The molecule has 0 fully saturated rings. The molecule has 1 amide bonds. The monoisotopic (exact) mass is 299 g/mol. The van der Waals surface area contributed by atoms with Gasteiger partial charge >= 0.3 is 0 Å². The van der Waals surface area contributed by atoms with Crippen molar-refractivity contribution in [2.45, 2.75) is 33.2 Å². The first-order valence-corrected chi connectivity index (χ1v) is 7.82. The lowest BCUT2D eigenvalue weighted by Crippen LogP contribution is -2.23. The molecule has 1 aliphatic carbocycles. The maximum atomic E-state index is 11.6. The predicted octanol–water partition coefficient (Wildman–Crippen LogP) is 3.71. The number of carbonyl (C=O) groups excluding carboxylic acids is 1. The number of carbonyl (C=O) groups is 1. The summed E-state index contributed by atoms with van der Waals surface area (Å²) in [5.74, 6) is 0.563. The van der Waals surface area contributed by atoms with Gasteiger partial charge in [0, 0.05) is 20.1 Å². The van der Waals surface area contributed by atoms with Gasteiger partial charge in [-0.2, -0.15) is 0 Å². The van der Waals surface area contributed by atoms with E-state index in [0.29, 0.717) is 25.5 Å². The smallest absolute Gasteiger partial charge is 0.222 e. The fraction of sp³-hybridized carbons (Fsp3) is 0.421. The third-order valence-corrected chi connectivity index (χ3v) is 3.99. The Morgan fingerprint density at radius 3 is 2.91 bits per heavy atom. The number of amides is 1. The number of hydrogen-bond donors (Lipinski definition) is 1. The predicted molar refractivity (Wildman–Crippen MR) is 90.3 cm³/mol. The van der Waals surface area contributed by atoms with E-state index in [1.54, 1.807) is 7.11 Å². The summed E-state index contributed by atoms with van der Waals surface area (Å²) in [5.41, 5.74) is 5.18. The molecule has 0 spiro atoms. The minimum Gasteiger partial charge on any atom is -0.384 e. The van der Waals surface area contributed by atoms with Crippen LogP contribution < -0.4 is 5.32 Å². The lowest BCUT2D eigenvalue weighted by Gasteiger charge is -2.21. The van der Waals surface area contributed by atoms with Crippen LogP contribution in [-0.2, 0) is 16.1 Å². The molecule has 0 heterocycles. The molecule has 3 heteroatoms. The SMILES string of the molecule is COCCC(=O)NCc1cccc(C2=CC=C(C)CC2C)c1. The molecule has 0 aromatic heterocycles. The second kappa shape index (κ2) is 7.95. The standard InChI is InChI=1S/C19H25NO2/c1-14-7-8-18(15(2)11-14)17-6-4-5-16(12-17)13-20-19(21)9-10-22-3/h4-8,12,15H,9-11,13H2,1-3H3,(H,20,21). The highest BCUT2D eigenvalue weighted by Crippen LogP contribution is 2.32. The van der Waals surface area contributed by atoms with Crippen LogP contribution in [0.1, 0.15) is 37.8 Å². The normalized spacial score (nSPS) is 17.7. The minimum atomic E-state index is 0.0241. The summed E-state index contributed by atoms with van der Waals surface area (Å²) in [6, 6.07) is 8.43.